The minimum absolute atomic E-state index is 0.0736. The fourth-order valence-electron chi connectivity index (χ4n) is 8.55. The van der Waals surface area contributed by atoms with E-state index in [0.29, 0.717) is 19.3 Å². The molecule has 69 heavy (non-hydrogen) atoms. The molecule has 0 aromatic heterocycles. The minimum Gasteiger partial charge on any atom is -0.462 e. The van der Waals surface area contributed by atoms with Gasteiger partial charge in [0.2, 0.25) is 0 Å². The van der Waals surface area contributed by atoms with Crippen molar-refractivity contribution in [2.75, 3.05) is 13.2 Å². The molecule has 0 aromatic carbocycles. The Morgan fingerprint density at radius 3 is 0.913 bits per heavy atom. The van der Waals surface area contributed by atoms with E-state index >= 15 is 0 Å². The van der Waals surface area contributed by atoms with Crippen LogP contribution in [0.3, 0.4) is 0 Å². The molecule has 0 spiro atoms. The molecule has 0 N–H and O–H groups in total. The molecule has 6 nitrogen and oxygen atoms in total. The Balaban J connectivity index is 4.18. The molecule has 0 aliphatic rings. The van der Waals surface area contributed by atoms with Crippen LogP contribution in [0.2, 0.25) is 0 Å². The van der Waals surface area contributed by atoms with Crippen LogP contribution in [0.5, 0.6) is 0 Å². The molecule has 1 unspecified atom stereocenters. The molecule has 0 aliphatic heterocycles. The van der Waals surface area contributed by atoms with Crippen molar-refractivity contribution >= 4 is 17.9 Å². The van der Waals surface area contributed by atoms with Crippen LogP contribution in [0.1, 0.15) is 303 Å². The lowest BCUT2D eigenvalue weighted by Crippen LogP contribution is -2.30. The van der Waals surface area contributed by atoms with Gasteiger partial charge in [-0.15, -0.1) is 0 Å². The summed E-state index contributed by atoms with van der Waals surface area (Å²) >= 11 is 0. The van der Waals surface area contributed by atoms with Crippen molar-refractivity contribution in [3.63, 3.8) is 0 Å². The second kappa shape index (κ2) is 57.7. The molecular formula is C63H112O6. The molecule has 0 bridgehead atoms. The Kier molecular flexibility index (Phi) is 55.3. The van der Waals surface area contributed by atoms with Gasteiger partial charge in [-0.3, -0.25) is 14.4 Å². The zero-order valence-electron chi connectivity index (χ0n) is 45.8. The highest BCUT2D eigenvalue weighted by atomic mass is 16.6. The molecule has 0 aromatic rings. The van der Waals surface area contributed by atoms with E-state index in [9.17, 15) is 14.4 Å². The van der Waals surface area contributed by atoms with Crippen molar-refractivity contribution in [1.29, 1.82) is 0 Å². The van der Waals surface area contributed by atoms with Gasteiger partial charge in [0.1, 0.15) is 13.2 Å². The minimum atomic E-state index is -0.774. The van der Waals surface area contributed by atoms with Gasteiger partial charge in [0.25, 0.3) is 0 Å². The third-order valence-corrected chi connectivity index (χ3v) is 13.0. The first kappa shape index (κ1) is 66.1. The van der Waals surface area contributed by atoms with E-state index in [1.807, 2.05) is 0 Å². The number of carbonyl (C=O) groups excluding carboxylic acids is 3. The van der Waals surface area contributed by atoms with E-state index in [0.717, 1.165) is 89.9 Å². The summed E-state index contributed by atoms with van der Waals surface area (Å²) in [5.74, 6) is -0.871. The number of unbranched alkanes of at least 4 members (excludes halogenated alkanes) is 33. The summed E-state index contributed by atoms with van der Waals surface area (Å²) in [5.41, 5.74) is 0. The second-order valence-corrected chi connectivity index (χ2v) is 19.9. The number of hydrogen-bond donors (Lipinski definition) is 0. The van der Waals surface area contributed by atoms with Crippen LogP contribution in [-0.2, 0) is 28.6 Å². The SMILES string of the molecule is CC/C=C\C/C=C\C/C=C\C/C=C\CCCCCCCCCCCCCCCCC(=O)OCC(COC(=O)CCCCCCCCCCCCC)OC(=O)CCCCCCC/C=C\CCCCCC. The number of ether oxygens (including phenoxy) is 3. The van der Waals surface area contributed by atoms with Gasteiger partial charge in [-0.2, -0.15) is 0 Å². The smallest absolute Gasteiger partial charge is 0.306 e. The molecule has 0 radical (unpaired) electrons. The van der Waals surface area contributed by atoms with Gasteiger partial charge >= 0.3 is 17.9 Å². The van der Waals surface area contributed by atoms with Gasteiger partial charge in [-0.1, -0.05) is 261 Å². The number of rotatable bonds is 54. The van der Waals surface area contributed by atoms with Crippen molar-refractivity contribution in [3.8, 4) is 0 Å². The van der Waals surface area contributed by atoms with Crippen LogP contribution >= 0.6 is 0 Å². The van der Waals surface area contributed by atoms with Gasteiger partial charge in [0.15, 0.2) is 6.10 Å². The van der Waals surface area contributed by atoms with Gasteiger partial charge in [-0.25, -0.2) is 0 Å². The number of allylic oxidation sites excluding steroid dienone is 10. The van der Waals surface area contributed by atoms with E-state index in [-0.39, 0.29) is 31.1 Å². The maximum atomic E-state index is 12.8. The van der Waals surface area contributed by atoms with Gasteiger partial charge in [0, 0.05) is 19.3 Å². The van der Waals surface area contributed by atoms with Crippen LogP contribution in [0.15, 0.2) is 60.8 Å². The van der Waals surface area contributed by atoms with Crippen molar-refractivity contribution in [2.24, 2.45) is 0 Å². The molecule has 0 saturated heterocycles. The van der Waals surface area contributed by atoms with E-state index in [1.54, 1.807) is 0 Å². The maximum absolute atomic E-state index is 12.8. The lowest BCUT2D eigenvalue weighted by Gasteiger charge is -2.18. The van der Waals surface area contributed by atoms with Crippen LogP contribution in [-0.4, -0.2) is 37.2 Å². The molecule has 1 atom stereocenters. The number of carbonyl (C=O) groups is 3. The summed E-state index contributed by atoms with van der Waals surface area (Å²) in [5, 5.41) is 0. The summed E-state index contributed by atoms with van der Waals surface area (Å²) in [6.45, 7) is 6.52. The lowest BCUT2D eigenvalue weighted by atomic mass is 10.0. The second-order valence-electron chi connectivity index (χ2n) is 19.9. The standard InChI is InChI=1S/C63H112O6/c1-4-7-10-13-16-19-22-24-25-26-27-28-29-30-31-32-33-34-35-36-37-39-41-44-47-50-53-56-62(65)68-59-60(58-67-61(64)55-52-49-46-43-40-21-18-15-12-9-6-3)69-63(66)57-54-51-48-45-42-38-23-20-17-14-11-8-5-2/h7,10,16,19-20,23-25,27-28,60H,4-6,8-9,11-15,17-18,21-22,26,29-59H2,1-3H3/b10-7-,19-16-,23-20-,25-24-,28-27-. The predicted octanol–water partition coefficient (Wildman–Crippen LogP) is 20.0. The largest absolute Gasteiger partial charge is 0.462 e. The Labute approximate surface area is 428 Å². The third kappa shape index (κ3) is 55.9. The number of esters is 3. The zero-order chi connectivity index (χ0) is 50.0. The first-order chi connectivity index (χ1) is 34.0. The summed E-state index contributed by atoms with van der Waals surface area (Å²) in [6.07, 6.45) is 72.3. The molecule has 0 saturated carbocycles. The normalized spacial score (nSPS) is 12.4. The molecular weight excluding hydrogens is 853 g/mol. The highest BCUT2D eigenvalue weighted by Gasteiger charge is 2.19. The Morgan fingerprint density at radius 1 is 0.304 bits per heavy atom. The average Bonchev–Trinajstić information content (AvgIpc) is 3.35. The van der Waals surface area contributed by atoms with Crippen LogP contribution in [0.4, 0.5) is 0 Å². The first-order valence-corrected chi connectivity index (χ1v) is 29.8. The quantitative estimate of drug-likeness (QED) is 0.0262. The molecule has 0 aliphatic carbocycles. The monoisotopic (exact) mass is 965 g/mol. The van der Waals surface area contributed by atoms with Gasteiger partial charge in [0.05, 0.1) is 0 Å². The molecule has 0 heterocycles. The van der Waals surface area contributed by atoms with E-state index in [1.165, 1.54) is 173 Å². The average molecular weight is 966 g/mol. The first-order valence-electron chi connectivity index (χ1n) is 29.8. The Bertz CT molecular complexity index is 1250. The molecule has 0 amide bonds. The zero-order valence-corrected chi connectivity index (χ0v) is 45.8. The Hall–Kier alpha value is -2.89. The lowest BCUT2D eigenvalue weighted by molar-refractivity contribution is -0.167. The van der Waals surface area contributed by atoms with Crippen molar-refractivity contribution in [1.82, 2.24) is 0 Å². The van der Waals surface area contributed by atoms with Crippen molar-refractivity contribution < 1.29 is 28.6 Å². The highest BCUT2D eigenvalue weighted by molar-refractivity contribution is 5.71. The number of hydrogen-bond acceptors (Lipinski definition) is 6. The molecule has 400 valence electrons. The van der Waals surface area contributed by atoms with Crippen molar-refractivity contribution in [2.45, 2.75) is 309 Å². The Morgan fingerprint density at radius 2 is 0.565 bits per heavy atom. The van der Waals surface area contributed by atoms with Gasteiger partial charge < -0.3 is 14.2 Å². The molecule has 0 rings (SSSR count). The van der Waals surface area contributed by atoms with E-state index in [4.69, 9.17) is 14.2 Å². The fourth-order valence-corrected chi connectivity index (χ4v) is 8.55. The maximum Gasteiger partial charge on any atom is 0.306 e. The topological polar surface area (TPSA) is 78.9 Å². The molecule has 6 heteroatoms. The van der Waals surface area contributed by atoms with Crippen LogP contribution < -0.4 is 0 Å². The van der Waals surface area contributed by atoms with Crippen LogP contribution in [0, 0.1) is 0 Å². The van der Waals surface area contributed by atoms with E-state index < -0.39 is 6.10 Å². The highest BCUT2D eigenvalue weighted by Crippen LogP contribution is 2.16. The third-order valence-electron chi connectivity index (χ3n) is 13.0. The summed E-state index contributed by atoms with van der Waals surface area (Å²) in [7, 11) is 0. The fraction of sp³-hybridized carbons (Fsp3) is 0.794. The summed E-state index contributed by atoms with van der Waals surface area (Å²) in [4.78, 5) is 38.1. The van der Waals surface area contributed by atoms with Crippen LogP contribution in [0.25, 0.3) is 0 Å². The molecule has 0 fully saturated rings. The summed E-state index contributed by atoms with van der Waals surface area (Å²) < 4.78 is 16.8. The predicted molar refractivity (Wildman–Crippen MR) is 298 cm³/mol. The van der Waals surface area contributed by atoms with E-state index in [2.05, 4.69) is 81.5 Å². The van der Waals surface area contributed by atoms with Crippen molar-refractivity contribution in [3.05, 3.63) is 60.8 Å². The summed E-state index contributed by atoms with van der Waals surface area (Å²) in [6, 6.07) is 0. The van der Waals surface area contributed by atoms with Gasteiger partial charge in [-0.05, 0) is 83.5 Å².